The lowest BCUT2D eigenvalue weighted by atomic mass is 10.1. The van der Waals surface area contributed by atoms with Crippen LogP contribution >= 0.6 is 0 Å². The Labute approximate surface area is 177 Å². The molecule has 3 aromatic carbocycles. The van der Waals surface area contributed by atoms with E-state index < -0.39 is 0 Å². The van der Waals surface area contributed by atoms with Crippen LogP contribution < -0.4 is 5.32 Å². The summed E-state index contributed by atoms with van der Waals surface area (Å²) in [6, 6.07) is 22.4. The van der Waals surface area contributed by atoms with Crippen LogP contribution in [0.5, 0.6) is 0 Å². The normalized spacial score (nSPS) is 11.0. The van der Waals surface area contributed by atoms with E-state index in [9.17, 15) is 4.79 Å². The first kappa shape index (κ1) is 19.9. The SMILES string of the molecule is Cc1cccc(C(=O)NCCc2nc3ccccc3n2Cc2cc(C)ccc2C)c1. The van der Waals surface area contributed by atoms with Gasteiger partial charge in [0, 0.05) is 25.1 Å². The highest BCUT2D eigenvalue weighted by molar-refractivity contribution is 5.94. The molecule has 0 aliphatic heterocycles. The van der Waals surface area contributed by atoms with Gasteiger partial charge in [-0.1, -0.05) is 53.6 Å². The van der Waals surface area contributed by atoms with Gasteiger partial charge in [-0.2, -0.15) is 0 Å². The average Bonchev–Trinajstić information content (AvgIpc) is 3.08. The van der Waals surface area contributed by atoms with E-state index in [2.05, 4.69) is 48.0 Å². The van der Waals surface area contributed by atoms with Gasteiger partial charge in [0.15, 0.2) is 0 Å². The van der Waals surface area contributed by atoms with Crippen LogP contribution in [0, 0.1) is 20.8 Å². The molecule has 0 fully saturated rings. The van der Waals surface area contributed by atoms with Gasteiger partial charge in [-0.15, -0.1) is 0 Å². The van der Waals surface area contributed by atoms with Crippen molar-refractivity contribution >= 4 is 16.9 Å². The number of para-hydroxylation sites is 2. The Kier molecular flexibility index (Phi) is 5.66. The van der Waals surface area contributed by atoms with Crippen molar-refractivity contribution in [1.29, 1.82) is 0 Å². The van der Waals surface area contributed by atoms with E-state index in [0.717, 1.165) is 29.0 Å². The fraction of sp³-hybridized carbons (Fsp3) is 0.231. The zero-order valence-corrected chi connectivity index (χ0v) is 17.8. The summed E-state index contributed by atoms with van der Waals surface area (Å²) >= 11 is 0. The van der Waals surface area contributed by atoms with Crippen molar-refractivity contribution in [2.24, 2.45) is 0 Å². The van der Waals surface area contributed by atoms with E-state index in [0.29, 0.717) is 18.5 Å². The summed E-state index contributed by atoms with van der Waals surface area (Å²) in [5.41, 5.74) is 7.71. The molecule has 0 radical (unpaired) electrons. The highest BCUT2D eigenvalue weighted by atomic mass is 16.1. The molecule has 4 rings (SSSR count). The van der Waals surface area contributed by atoms with Gasteiger partial charge in [-0.25, -0.2) is 4.98 Å². The van der Waals surface area contributed by atoms with Crippen molar-refractivity contribution in [2.45, 2.75) is 33.7 Å². The lowest BCUT2D eigenvalue weighted by molar-refractivity contribution is 0.0954. The van der Waals surface area contributed by atoms with Crippen molar-refractivity contribution in [2.75, 3.05) is 6.54 Å². The van der Waals surface area contributed by atoms with Crippen LogP contribution in [0.15, 0.2) is 66.7 Å². The topological polar surface area (TPSA) is 46.9 Å². The number of imidazole rings is 1. The zero-order chi connectivity index (χ0) is 21.1. The molecule has 0 unspecified atom stereocenters. The van der Waals surface area contributed by atoms with Crippen LogP contribution in [0.25, 0.3) is 11.0 Å². The molecule has 1 N–H and O–H groups in total. The maximum atomic E-state index is 12.5. The number of hydrogen-bond acceptors (Lipinski definition) is 2. The molecule has 0 saturated carbocycles. The smallest absolute Gasteiger partial charge is 0.251 e. The molecule has 4 aromatic rings. The predicted octanol–water partition coefficient (Wildman–Crippen LogP) is 4.98. The lowest BCUT2D eigenvalue weighted by Gasteiger charge is -2.13. The highest BCUT2D eigenvalue weighted by Gasteiger charge is 2.13. The van der Waals surface area contributed by atoms with Crippen LogP contribution in [0.2, 0.25) is 0 Å². The molecule has 1 heterocycles. The van der Waals surface area contributed by atoms with E-state index in [1.807, 2.05) is 49.4 Å². The number of nitrogens with zero attached hydrogens (tertiary/aromatic N) is 2. The second-order valence-corrected chi connectivity index (χ2v) is 7.91. The Morgan fingerprint density at radius 2 is 1.73 bits per heavy atom. The van der Waals surface area contributed by atoms with Crippen LogP contribution in [0.4, 0.5) is 0 Å². The number of rotatable bonds is 6. The van der Waals surface area contributed by atoms with Gasteiger partial charge in [-0.05, 0) is 56.2 Å². The Bertz CT molecular complexity index is 1210. The van der Waals surface area contributed by atoms with E-state index in [1.165, 1.54) is 16.7 Å². The Balaban J connectivity index is 1.55. The van der Waals surface area contributed by atoms with Crippen molar-refractivity contribution in [3.63, 3.8) is 0 Å². The summed E-state index contributed by atoms with van der Waals surface area (Å²) in [4.78, 5) is 17.3. The predicted molar refractivity (Wildman–Crippen MR) is 122 cm³/mol. The lowest BCUT2D eigenvalue weighted by Crippen LogP contribution is -2.26. The summed E-state index contributed by atoms with van der Waals surface area (Å²) in [5.74, 6) is 0.942. The van der Waals surface area contributed by atoms with Gasteiger partial charge in [0.25, 0.3) is 5.91 Å². The monoisotopic (exact) mass is 397 g/mol. The summed E-state index contributed by atoms with van der Waals surface area (Å²) < 4.78 is 2.27. The third-order valence-corrected chi connectivity index (χ3v) is 5.48. The molecule has 30 heavy (non-hydrogen) atoms. The summed E-state index contributed by atoms with van der Waals surface area (Å²) in [6.45, 7) is 7.58. The molecule has 4 nitrogen and oxygen atoms in total. The fourth-order valence-electron chi connectivity index (χ4n) is 3.81. The first-order valence-corrected chi connectivity index (χ1v) is 10.4. The minimum atomic E-state index is -0.0455. The molecule has 0 saturated heterocycles. The number of amides is 1. The van der Waals surface area contributed by atoms with Crippen molar-refractivity contribution in [1.82, 2.24) is 14.9 Å². The standard InChI is InChI=1S/C26H27N3O/c1-18-7-6-8-21(15-18)26(30)27-14-13-25-28-23-9-4-5-10-24(23)29(25)17-22-16-19(2)11-12-20(22)3/h4-12,15-16H,13-14,17H2,1-3H3,(H,27,30). The minimum absolute atomic E-state index is 0.0455. The molecule has 0 atom stereocenters. The molecule has 0 spiro atoms. The van der Waals surface area contributed by atoms with Crippen molar-refractivity contribution in [3.8, 4) is 0 Å². The Hall–Kier alpha value is -3.40. The number of hydrogen-bond donors (Lipinski definition) is 1. The molecule has 1 amide bonds. The first-order chi connectivity index (χ1) is 14.5. The van der Waals surface area contributed by atoms with Gasteiger partial charge in [0.05, 0.1) is 11.0 Å². The summed E-state index contributed by atoms with van der Waals surface area (Å²) in [6.07, 6.45) is 0.678. The van der Waals surface area contributed by atoms with Crippen molar-refractivity contribution < 1.29 is 4.79 Å². The molecular weight excluding hydrogens is 370 g/mol. The largest absolute Gasteiger partial charge is 0.352 e. The van der Waals surface area contributed by atoms with Gasteiger partial charge in [-0.3, -0.25) is 4.79 Å². The molecule has 0 aliphatic rings. The molecule has 0 aliphatic carbocycles. The van der Waals surface area contributed by atoms with E-state index in [1.54, 1.807) is 0 Å². The molecule has 152 valence electrons. The zero-order valence-electron chi connectivity index (χ0n) is 17.8. The second-order valence-electron chi connectivity index (χ2n) is 7.91. The van der Waals surface area contributed by atoms with E-state index >= 15 is 0 Å². The number of benzene rings is 3. The number of nitrogens with one attached hydrogen (secondary N) is 1. The molecule has 1 aromatic heterocycles. The maximum absolute atomic E-state index is 12.5. The van der Waals surface area contributed by atoms with Crippen LogP contribution in [0.1, 0.15) is 38.4 Å². The first-order valence-electron chi connectivity index (χ1n) is 10.4. The third-order valence-electron chi connectivity index (χ3n) is 5.48. The molecule has 0 bridgehead atoms. The fourth-order valence-corrected chi connectivity index (χ4v) is 3.81. The van der Waals surface area contributed by atoms with Gasteiger partial charge >= 0.3 is 0 Å². The van der Waals surface area contributed by atoms with Crippen molar-refractivity contribution in [3.05, 3.63) is 100 Å². The summed E-state index contributed by atoms with van der Waals surface area (Å²) in [5, 5.41) is 3.04. The van der Waals surface area contributed by atoms with E-state index in [4.69, 9.17) is 4.98 Å². The number of carbonyl (C=O) groups is 1. The highest BCUT2D eigenvalue weighted by Crippen LogP contribution is 2.20. The third kappa shape index (κ3) is 4.28. The quantitative estimate of drug-likeness (QED) is 0.499. The molecule has 4 heteroatoms. The van der Waals surface area contributed by atoms with Gasteiger partial charge in [0.1, 0.15) is 5.82 Å². The van der Waals surface area contributed by atoms with Gasteiger partial charge in [0.2, 0.25) is 0 Å². The van der Waals surface area contributed by atoms with Gasteiger partial charge < -0.3 is 9.88 Å². The van der Waals surface area contributed by atoms with Crippen LogP contribution in [-0.2, 0) is 13.0 Å². The Morgan fingerprint density at radius 3 is 2.57 bits per heavy atom. The van der Waals surface area contributed by atoms with Crippen LogP contribution in [-0.4, -0.2) is 22.0 Å². The summed E-state index contributed by atoms with van der Waals surface area (Å²) in [7, 11) is 0. The number of fused-ring (bicyclic) bond motifs is 1. The average molecular weight is 398 g/mol. The van der Waals surface area contributed by atoms with E-state index in [-0.39, 0.29) is 5.91 Å². The second kappa shape index (κ2) is 8.54. The molecular formula is C26H27N3O. The Morgan fingerprint density at radius 1 is 0.933 bits per heavy atom. The van der Waals surface area contributed by atoms with Crippen LogP contribution in [0.3, 0.4) is 0 Å². The number of aromatic nitrogens is 2. The maximum Gasteiger partial charge on any atom is 0.251 e. The number of aryl methyl sites for hydroxylation is 3. The minimum Gasteiger partial charge on any atom is -0.352 e. The number of carbonyl (C=O) groups excluding carboxylic acids is 1.